The van der Waals surface area contributed by atoms with E-state index in [-0.39, 0.29) is 12.1 Å². The van der Waals surface area contributed by atoms with Gasteiger partial charge in [-0.1, -0.05) is 11.6 Å². The van der Waals surface area contributed by atoms with Gasteiger partial charge in [0.25, 0.3) is 0 Å². The van der Waals surface area contributed by atoms with Crippen molar-refractivity contribution in [3.8, 4) is 6.07 Å². The third-order valence-electron chi connectivity index (χ3n) is 5.44. The smallest absolute Gasteiger partial charge is 0.317 e. The van der Waals surface area contributed by atoms with Crippen LogP contribution in [-0.4, -0.2) is 48.1 Å². The number of aryl methyl sites for hydroxylation is 2. The van der Waals surface area contributed by atoms with Crippen molar-refractivity contribution in [3.63, 3.8) is 0 Å². The van der Waals surface area contributed by atoms with E-state index in [1.807, 2.05) is 4.90 Å². The van der Waals surface area contributed by atoms with Crippen LogP contribution in [-0.2, 0) is 0 Å². The fourth-order valence-corrected chi connectivity index (χ4v) is 4.32. The SMILES string of the molecule is Cc1cc(C)c2ncc(C#N)c(N3CCC[C@H](N4CCNC4=O)C3)c2c1. The number of benzene rings is 1. The number of carbonyl (C=O) groups excluding carboxylic acids is 1. The predicted octanol–water partition coefficient (Wildman–Crippen LogP) is 2.72. The zero-order valence-electron chi connectivity index (χ0n) is 15.2. The van der Waals surface area contributed by atoms with Gasteiger partial charge in [-0.05, 0) is 38.3 Å². The molecule has 2 aromatic rings. The molecule has 0 bridgehead atoms. The number of nitrogens with zero attached hydrogens (tertiary/aromatic N) is 4. The molecule has 2 saturated heterocycles. The molecule has 0 saturated carbocycles. The van der Waals surface area contributed by atoms with Crippen LogP contribution in [0, 0.1) is 25.2 Å². The lowest BCUT2D eigenvalue weighted by Gasteiger charge is -2.39. The largest absolute Gasteiger partial charge is 0.368 e. The monoisotopic (exact) mass is 349 g/mol. The number of pyridine rings is 1. The summed E-state index contributed by atoms with van der Waals surface area (Å²) in [4.78, 5) is 20.8. The second kappa shape index (κ2) is 6.49. The lowest BCUT2D eigenvalue weighted by molar-refractivity contribution is 0.189. The standard InChI is InChI=1S/C20H23N5O/c1-13-8-14(2)18-17(9-13)19(15(10-21)11-23-18)24-6-3-4-16(12-24)25-7-5-22-20(25)26/h8-9,11,16H,3-7,12H2,1-2H3,(H,22,26)/t16-/m0/s1. The van der Waals surface area contributed by atoms with Gasteiger partial charge >= 0.3 is 6.03 Å². The number of hydrogen-bond donors (Lipinski definition) is 1. The number of nitriles is 1. The molecule has 0 aliphatic carbocycles. The molecular formula is C20H23N5O. The van der Waals surface area contributed by atoms with E-state index in [4.69, 9.17) is 0 Å². The van der Waals surface area contributed by atoms with Crippen LogP contribution in [0.25, 0.3) is 10.9 Å². The Hall–Kier alpha value is -2.81. The number of piperidine rings is 1. The highest BCUT2D eigenvalue weighted by atomic mass is 16.2. The van der Waals surface area contributed by atoms with E-state index in [1.165, 1.54) is 5.56 Å². The number of aromatic nitrogens is 1. The Balaban J connectivity index is 1.77. The molecule has 0 spiro atoms. The van der Waals surface area contributed by atoms with Gasteiger partial charge in [-0.25, -0.2) is 4.79 Å². The van der Waals surface area contributed by atoms with E-state index in [0.29, 0.717) is 5.56 Å². The van der Waals surface area contributed by atoms with Gasteiger partial charge in [0.2, 0.25) is 0 Å². The summed E-state index contributed by atoms with van der Waals surface area (Å²) in [7, 11) is 0. The molecule has 1 aromatic carbocycles. The Kier molecular flexibility index (Phi) is 4.15. The first-order valence-corrected chi connectivity index (χ1v) is 9.18. The van der Waals surface area contributed by atoms with Crippen LogP contribution < -0.4 is 10.2 Å². The van der Waals surface area contributed by atoms with E-state index in [0.717, 1.165) is 61.2 Å². The van der Waals surface area contributed by atoms with Crippen LogP contribution in [0.4, 0.5) is 10.5 Å². The van der Waals surface area contributed by atoms with E-state index in [1.54, 1.807) is 6.20 Å². The Morgan fingerprint density at radius 3 is 2.88 bits per heavy atom. The number of hydrogen-bond acceptors (Lipinski definition) is 4. The van der Waals surface area contributed by atoms with Crippen LogP contribution in [0.15, 0.2) is 18.3 Å². The van der Waals surface area contributed by atoms with Crippen molar-refractivity contribution in [2.45, 2.75) is 32.7 Å². The fourth-order valence-electron chi connectivity index (χ4n) is 4.32. The topological polar surface area (TPSA) is 72.3 Å². The molecule has 26 heavy (non-hydrogen) atoms. The highest BCUT2D eigenvalue weighted by molar-refractivity contribution is 5.96. The minimum absolute atomic E-state index is 0.0311. The van der Waals surface area contributed by atoms with Crippen molar-refractivity contribution >= 4 is 22.6 Å². The molecule has 6 heteroatoms. The third kappa shape index (κ3) is 2.74. The Bertz CT molecular complexity index is 917. The first kappa shape index (κ1) is 16.6. The van der Waals surface area contributed by atoms with Gasteiger partial charge in [0.1, 0.15) is 6.07 Å². The minimum Gasteiger partial charge on any atom is -0.368 e. The van der Waals surface area contributed by atoms with Crippen LogP contribution >= 0.6 is 0 Å². The van der Waals surface area contributed by atoms with E-state index in [9.17, 15) is 10.1 Å². The molecule has 1 N–H and O–H groups in total. The molecule has 134 valence electrons. The van der Waals surface area contributed by atoms with Gasteiger partial charge in [0.15, 0.2) is 0 Å². The Labute approximate surface area is 153 Å². The number of anilines is 1. The fraction of sp³-hybridized carbons (Fsp3) is 0.450. The molecule has 2 fully saturated rings. The average Bonchev–Trinajstić information content (AvgIpc) is 3.06. The maximum absolute atomic E-state index is 12.1. The van der Waals surface area contributed by atoms with Gasteiger partial charge < -0.3 is 15.1 Å². The molecule has 4 rings (SSSR count). The van der Waals surface area contributed by atoms with E-state index in [2.05, 4.69) is 47.3 Å². The molecule has 0 radical (unpaired) electrons. The predicted molar refractivity (Wildman–Crippen MR) is 101 cm³/mol. The second-order valence-electron chi connectivity index (χ2n) is 7.28. The van der Waals surface area contributed by atoms with Crippen molar-refractivity contribution in [2.75, 3.05) is 31.1 Å². The summed E-state index contributed by atoms with van der Waals surface area (Å²) < 4.78 is 0. The summed E-state index contributed by atoms with van der Waals surface area (Å²) in [5, 5.41) is 13.6. The minimum atomic E-state index is 0.0311. The van der Waals surface area contributed by atoms with Gasteiger partial charge in [-0.3, -0.25) is 4.98 Å². The second-order valence-corrected chi connectivity index (χ2v) is 7.28. The van der Waals surface area contributed by atoms with Crippen molar-refractivity contribution < 1.29 is 4.79 Å². The Morgan fingerprint density at radius 2 is 2.15 bits per heavy atom. The zero-order valence-corrected chi connectivity index (χ0v) is 15.2. The van der Waals surface area contributed by atoms with Crippen LogP contribution in [0.5, 0.6) is 0 Å². The summed E-state index contributed by atoms with van der Waals surface area (Å²) >= 11 is 0. The molecule has 2 amide bonds. The lowest BCUT2D eigenvalue weighted by Crippen LogP contribution is -2.49. The first-order chi connectivity index (χ1) is 12.6. The average molecular weight is 349 g/mol. The highest BCUT2D eigenvalue weighted by Crippen LogP contribution is 2.34. The Morgan fingerprint density at radius 1 is 1.31 bits per heavy atom. The van der Waals surface area contributed by atoms with Gasteiger partial charge in [-0.2, -0.15) is 5.26 Å². The molecular weight excluding hydrogens is 326 g/mol. The highest BCUT2D eigenvalue weighted by Gasteiger charge is 2.32. The van der Waals surface area contributed by atoms with Crippen LogP contribution in [0.1, 0.15) is 29.5 Å². The maximum atomic E-state index is 12.1. The van der Waals surface area contributed by atoms with Crippen molar-refractivity contribution in [3.05, 3.63) is 35.0 Å². The number of rotatable bonds is 2. The molecule has 6 nitrogen and oxygen atoms in total. The molecule has 2 aliphatic rings. The zero-order chi connectivity index (χ0) is 18.3. The van der Waals surface area contributed by atoms with Gasteiger partial charge in [0, 0.05) is 37.8 Å². The molecule has 2 aliphatic heterocycles. The quantitative estimate of drug-likeness (QED) is 0.905. The summed E-state index contributed by atoms with van der Waals surface area (Å²) in [5.74, 6) is 0. The van der Waals surface area contributed by atoms with Gasteiger partial charge in [0.05, 0.1) is 22.8 Å². The van der Waals surface area contributed by atoms with Crippen molar-refractivity contribution in [1.82, 2.24) is 15.2 Å². The number of fused-ring (bicyclic) bond motifs is 1. The third-order valence-corrected chi connectivity index (χ3v) is 5.44. The molecule has 1 aromatic heterocycles. The number of urea groups is 1. The van der Waals surface area contributed by atoms with E-state index >= 15 is 0 Å². The summed E-state index contributed by atoms with van der Waals surface area (Å²) in [6.07, 6.45) is 3.70. The van der Waals surface area contributed by atoms with Crippen molar-refractivity contribution in [2.24, 2.45) is 0 Å². The summed E-state index contributed by atoms with van der Waals surface area (Å²) in [6.45, 7) is 7.27. The molecule has 3 heterocycles. The van der Waals surface area contributed by atoms with Gasteiger partial charge in [-0.15, -0.1) is 0 Å². The number of carbonyl (C=O) groups is 1. The summed E-state index contributed by atoms with van der Waals surface area (Å²) in [6, 6.07) is 6.78. The summed E-state index contributed by atoms with van der Waals surface area (Å²) in [5.41, 5.74) is 4.81. The lowest BCUT2D eigenvalue weighted by atomic mass is 9.99. The van der Waals surface area contributed by atoms with Crippen molar-refractivity contribution in [1.29, 1.82) is 5.26 Å². The normalized spacial score (nSPS) is 20.3. The molecule has 1 atom stereocenters. The van der Waals surface area contributed by atoms with Crippen LogP contribution in [0.3, 0.4) is 0 Å². The van der Waals surface area contributed by atoms with Crippen LogP contribution in [0.2, 0.25) is 0 Å². The number of nitrogens with one attached hydrogen (secondary N) is 1. The maximum Gasteiger partial charge on any atom is 0.317 e. The first-order valence-electron chi connectivity index (χ1n) is 9.18. The number of amides is 2. The molecule has 0 unspecified atom stereocenters. The van der Waals surface area contributed by atoms with E-state index < -0.39 is 0 Å².